The predicted molar refractivity (Wildman–Crippen MR) is 112 cm³/mol. The smallest absolute Gasteiger partial charge is 0.253 e. The largest absolute Gasteiger partial charge is 0.486 e. The number of amides is 2. The molecule has 2 amide bonds. The summed E-state index contributed by atoms with van der Waals surface area (Å²) in [5.74, 6) is 0.626. The molecule has 0 radical (unpaired) electrons. The van der Waals surface area contributed by atoms with Gasteiger partial charge in [0.1, 0.15) is 19.3 Å². The highest BCUT2D eigenvalue weighted by Crippen LogP contribution is 2.32. The second kappa shape index (κ2) is 9.18. The highest BCUT2D eigenvalue weighted by Gasteiger charge is 2.27. The van der Waals surface area contributed by atoms with Gasteiger partial charge in [0.2, 0.25) is 5.91 Å². The molecule has 2 aromatic carbocycles. The first-order valence-corrected chi connectivity index (χ1v) is 10.00. The molecule has 2 N–H and O–H groups in total. The molecule has 29 heavy (non-hydrogen) atoms. The number of fused-ring (bicyclic) bond motifs is 1. The van der Waals surface area contributed by atoms with Crippen molar-refractivity contribution in [1.29, 1.82) is 0 Å². The van der Waals surface area contributed by atoms with E-state index in [0.29, 0.717) is 35.3 Å². The average molecular weight is 417 g/mol. The maximum Gasteiger partial charge on any atom is 0.253 e. The van der Waals surface area contributed by atoms with Crippen molar-refractivity contribution in [3.05, 3.63) is 58.6 Å². The van der Waals surface area contributed by atoms with Crippen LogP contribution in [0.3, 0.4) is 0 Å². The van der Waals surface area contributed by atoms with Gasteiger partial charge in [-0.3, -0.25) is 9.59 Å². The number of hydrogen-bond donors (Lipinski definition) is 2. The van der Waals surface area contributed by atoms with Crippen molar-refractivity contribution in [1.82, 2.24) is 10.6 Å². The van der Waals surface area contributed by atoms with Crippen molar-refractivity contribution < 1.29 is 19.1 Å². The zero-order chi connectivity index (χ0) is 21.0. The van der Waals surface area contributed by atoms with Gasteiger partial charge in [0.25, 0.3) is 5.91 Å². The Bertz CT molecular complexity index is 900. The monoisotopic (exact) mass is 416 g/mol. The summed E-state index contributed by atoms with van der Waals surface area (Å²) in [6.45, 7) is 6.68. The van der Waals surface area contributed by atoms with Gasteiger partial charge in [0, 0.05) is 0 Å². The van der Waals surface area contributed by atoms with Crippen LogP contribution in [-0.4, -0.2) is 31.1 Å². The summed E-state index contributed by atoms with van der Waals surface area (Å²) in [5, 5.41) is 6.12. The molecule has 0 aromatic heterocycles. The number of carbonyl (C=O) groups is 2. The summed E-state index contributed by atoms with van der Waals surface area (Å²) < 4.78 is 11.1. The van der Waals surface area contributed by atoms with Gasteiger partial charge in [-0.15, -0.1) is 0 Å². The van der Waals surface area contributed by atoms with Gasteiger partial charge in [-0.25, -0.2) is 0 Å². The third-order valence-corrected chi connectivity index (χ3v) is 5.11. The van der Waals surface area contributed by atoms with E-state index < -0.39 is 6.04 Å². The summed E-state index contributed by atoms with van der Waals surface area (Å²) in [6.07, 6.45) is 0. The van der Waals surface area contributed by atoms with Gasteiger partial charge in [-0.2, -0.15) is 0 Å². The molecular formula is C22H25ClN2O4. The molecule has 1 aliphatic heterocycles. The number of halogens is 1. The molecule has 2 atom stereocenters. The van der Waals surface area contributed by atoms with Gasteiger partial charge in [0.15, 0.2) is 11.5 Å². The van der Waals surface area contributed by atoms with Crippen molar-refractivity contribution in [3.63, 3.8) is 0 Å². The van der Waals surface area contributed by atoms with Crippen LogP contribution >= 0.6 is 11.6 Å². The van der Waals surface area contributed by atoms with E-state index in [1.807, 2.05) is 39.0 Å². The van der Waals surface area contributed by atoms with E-state index in [4.69, 9.17) is 21.1 Å². The fourth-order valence-electron chi connectivity index (χ4n) is 3.12. The van der Waals surface area contributed by atoms with Crippen molar-refractivity contribution >= 4 is 23.4 Å². The van der Waals surface area contributed by atoms with Crippen LogP contribution in [0.4, 0.5) is 0 Å². The molecule has 0 spiro atoms. The van der Waals surface area contributed by atoms with Crippen LogP contribution in [0.15, 0.2) is 42.5 Å². The Kier molecular flexibility index (Phi) is 6.64. The molecule has 0 saturated heterocycles. The van der Waals surface area contributed by atoms with Crippen LogP contribution in [0.5, 0.6) is 11.5 Å². The molecule has 154 valence electrons. The first kappa shape index (κ1) is 21.0. The molecule has 6 nitrogen and oxygen atoms in total. The van der Waals surface area contributed by atoms with Gasteiger partial charge in [0.05, 0.1) is 16.6 Å². The highest BCUT2D eigenvalue weighted by atomic mass is 35.5. The molecular weight excluding hydrogens is 392 g/mol. The van der Waals surface area contributed by atoms with E-state index in [1.165, 1.54) is 0 Å². The molecule has 1 heterocycles. The number of benzene rings is 2. The average Bonchev–Trinajstić information content (AvgIpc) is 2.71. The minimum Gasteiger partial charge on any atom is -0.486 e. The molecule has 0 unspecified atom stereocenters. The van der Waals surface area contributed by atoms with Crippen molar-refractivity contribution in [3.8, 4) is 11.5 Å². The number of hydrogen-bond acceptors (Lipinski definition) is 4. The topological polar surface area (TPSA) is 76.7 Å². The van der Waals surface area contributed by atoms with E-state index in [-0.39, 0.29) is 23.8 Å². The number of nitrogens with one attached hydrogen (secondary N) is 2. The van der Waals surface area contributed by atoms with Crippen LogP contribution in [0, 0.1) is 5.92 Å². The molecule has 0 fully saturated rings. The number of rotatable bonds is 6. The van der Waals surface area contributed by atoms with Gasteiger partial charge in [-0.05, 0) is 42.7 Å². The minimum absolute atomic E-state index is 0.103. The van der Waals surface area contributed by atoms with Gasteiger partial charge < -0.3 is 20.1 Å². The lowest BCUT2D eigenvalue weighted by Gasteiger charge is -2.25. The van der Waals surface area contributed by atoms with Gasteiger partial charge in [-0.1, -0.05) is 43.6 Å². The van der Waals surface area contributed by atoms with Crippen LogP contribution < -0.4 is 20.1 Å². The number of ether oxygens (including phenoxy) is 2. The first-order chi connectivity index (χ1) is 13.9. The van der Waals surface area contributed by atoms with E-state index in [9.17, 15) is 9.59 Å². The summed E-state index contributed by atoms with van der Waals surface area (Å²) in [5.41, 5.74) is 1.23. The standard InChI is InChI=1S/C22H25ClN2O4/c1-13(2)20(25-21(26)16-6-4-5-7-17(16)23)22(27)24-14(3)15-8-9-18-19(12-15)29-11-10-28-18/h4-9,12-14,20H,10-11H2,1-3H3,(H,24,27)(H,25,26)/t14-,20+/m0/s1. The molecule has 1 aliphatic rings. The molecule has 2 aromatic rings. The fraction of sp³-hybridized carbons (Fsp3) is 0.364. The minimum atomic E-state index is -0.696. The van der Waals surface area contributed by atoms with E-state index in [2.05, 4.69) is 10.6 Å². The second-order valence-electron chi connectivity index (χ2n) is 7.31. The van der Waals surface area contributed by atoms with Gasteiger partial charge >= 0.3 is 0 Å². The summed E-state index contributed by atoms with van der Waals surface area (Å²) in [4.78, 5) is 25.5. The molecule has 0 aliphatic carbocycles. The second-order valence-corrected chi connectivity index (χ2v) is 7.72. The Labute approximate surface area is 175 Å². The Morgan fingerprint density at radius 1 is 0.966 bits per heavy atom. The van der Waals surface area contributed by atoms with E-state index in [0.717, 1.165) is 5.56 Å². The fourth-order valence-corrected chi connectivity index (χ4v) is 3.34. The summed E-state index contributed by atoms with van der Waals surface area (Å²) >= 11 is 6.10. The van der Waals surface area contributed by atoms with Crippen LogP contribution in [0.1, 0.15) is 42.7 Å². The van der Waals surface area contributed by atoms with Crippen LogP contribution in [-0.2, 0) is 4.79 Å². The van der Waals surface area contributed by atoms with Crippen molar-refractivity contribution in [2.75, 3.05) is 13.2 Å². The molecule has 0 saturated carbocycles. The SMILES string of the molecule is CC(C)[C@@H](NC(=O)c1ccccc1Cl)C(=O)N[C@@H](C)c1ccc2c(c1)OCCO2. The van der Waals surface area contributed by atoms with Crippen molar-refractivity contribution in [2.24, 2.45) is 5.92 Å². The zero-order valence-electron chi connectivity index (χ0n) is 16.7. The quantitative estimate of drug-likeness (QED) is 0.752. The lowest BCUT2D eigenvalue weighted by Crippen LogP contribution is -2.50. The molecule has 0 bridgehead atoms. The van der Waals surface area contributed by atoms with E-state index in [1.54, 1.807) is 24.3 Å². The lowest BCUT2D eigenvalue weighted by molar-refractivity contribution is -0.124. The third kappa shape index (κ3) is 5.01. The summed E-state index contributed by atoms with van der Waals surface area (Å²) in [6, 6.07) is 11.4. The predicted octanol–water partition coefficient (Wildman–Crippen LogP) is 3.74. The molecule has 3 rings (SSSR count). The Hall–Kier alpha value is -2.73. The normalized spacial score (nSPS) is 14.8. The lowest BCUT2D eigenvalue weighted by atomic mass is 10.0. The Balaban J connectivity index is 1.69. The Morgan fingerprint density at radius 3 is 2.34 bits per heavy atom. The maximum absolute atomic E-state index is 12.9. The third-order valence-electron chi connectivity index (χ3n) is 4.78. The zero-order valence-corrected chi connectivity index (χ0v) is 17.5. The Morgan fingerprint density at radius 2 is 1.66 bits per heavy atom. The summed E-state index contributed by atoms with van der Waals surface area (Å²) in [7, 11) is 0. The van der Waals surface area contributed by atoms with Crippen molar-refractivity contribution in [2.45, 2.75) is 32.9 Å². The first-order valence-electron chi connectivity index (χ1n) is 9.62. The highest BCUT2D eigenvalue weighted by molar-refractivity contribution is 6.33. The van der Waals surface area contributed by atoms with Crippen LogP contribution in [0.2, 0.25) is 5.02 Å². The van der Waals surface area contributed by atoms with Crippen LogP contribution in [0.25, 0.3) is 0 Å². The number of carbonyl (C=O) groups excluding carboxylic acids is 2. The maximum atomic E-state index is 12.9. The van der Waals surface area contributed by atoms with E-state index >= 15 is 0 Å². The molecule has 7 heteroatoms.